The zero-order valence-corrected chi connectivity index (χ0v) is 13.5. The van der Waals surface area contributed by atoms with E-state index in [1.54, 1.807) is 12.1 Å². The number of ether oxygens (including phenoxy) is 1. The molecule has 2 aromatic rings. The molecular formula is C17H15ClF3NO2. The number of amides is 1. The fourth-order valence-corrected chi connectivity index (χ4v) is 2.19. The number of alkyl halides is 3. The lowest BCUT2D eigenvalue weighted by atomic mass is 10.1. The predicted octanol–water partition coefficient (Wildman–Crippen LogP) is 4.94. The molecule has 3 nitrogen and oxygen atoms in total. The van der Waals surface area contributed by atoms with E-state index in [4.69, 9.17) is 16.3 Å². The number of benzene rings is 2. The Morgan fingerprint density at radius 3 is 2.42 bits per heavy atom. The van der Waals surface area contributed by atoms with E-state index in [1.165, 1.54) is 6.07 Å². The Kier molecular flexibility index (Phi) is 5.72. The highest BCUT2D eigenvalue weighted by Crippen LogP contribution is 2.36. The molecule has 7 heteroatoms. The molecule has 0 aliphatic heterocycles. The first-order valence-corrected chi connectivity index (χ1v) is 7.55. The summed E-state index contributed by atoms with van der Waals surface area (Å²) >= 11 is 5.59. The molecule has 1 N–H and O–H groups in total. The maximum Gasteiger partial charge on any atom is 0.418 e. The molecule has 1 amide bonds. The minimum Gasteiger partial charge on any atom is -0.484 e. The number of anilines is 1. The van der Waals surface area contributed by atoms with Gasteiger partial charge in [0.25, 0.3) is 5.91 Å². The molecule has 0 saturated carbocycles. The molecule has 0 fully saturated rings. The van der Waals surface area contributed by atoms with Gasteiger partial charge in [-0.15, -0.1) is 0 Å². The van der Waals surface area contributed by atoms with Gasteiger partial charge in [-0.05, 0) is 42.3 Å². The number of aryl methyl sites for hydroxylation is 1. The molecule has 2 rings (SSSR count). The van der Waals surface area contributed by atoms with Gasteiger partial charge in [0.15, 0.2) is 6.61 Å². The fourth-order valence-electron chi connectivity index (χ4n) is 2.02. The number of carbonyl (C=O) groups excluding carboxylic acids is 1. The molecule has 0 unspecified atom stereocenters. The highest BCUT2D eigenvalue weighted by Gasteiger charge is 2.34. The molecule has 0 saturated heterocycles. The van der Waals surface area contributed by atoms with Crippen LogP contribution in [0.15, 0.2) is 42.5 Å². The summed E-state index contributed by atoms with van der Waals surface area (Å²) < 4.78 is 44.1. The zero-order chi connectivity index (χ0) is 17.7. The summed E-state index contributed by atoms with van der Waals surface area (Å²) in [6.07, 6.45) is -3.75. The van der Waals surface area contributed by atoms with Gasteiger partial charge in [0, 0.05) is 5.02 Å². The maximum absolute atomic E-state index is 13.0. The van der Waals surface area contributed by atoms with E-state index in [-0.39, 0.29) is 10.7 Å². The van der Waals surface area contributed by atoms with Gasteiger partial charge in [0.05, 0.1) is 11.3 Å². The third-order valence-corrected chi connectivity index (χ3v) is 3.50. The van der Waals surface area contributed by atoms with Crippen molar-refractivity contribution in [2.24, 2.45) is 0 Å². The van der Waals surface area contributed by atoms with Crippen molar-refractivity contribution in [1.82, 2.24) is 0 Å². The van der Waals surface area contributed by atoms with Crippen molar-refractivity contribution in [1.29, 1.82) is 0 Å². The van der Waals surface area contributed by atoms with Crippen molar-refractivity contribution in [3.8, 4) is 5.75 Å². The van der Waals surface area contributed by atoms with Gasteiger partial charge in [-0.3, -0.25) is 4.79 Å². The molecule has 0 aromatic heterocycles. The third-order valence-electron chi connectivity index (χ3n) is 3.26. The average Bonchev–Trinajstić information content (AvgIpc) is 2.54. The summed E-state index contributed by atoms with van der Waals surface area (Å²) in [6.45, 7) is 1.61. The van der Waals surface area contributed by atoms with Gasteiger partial charge in [0.2, 0.25) is 0 Å². The van der Waals surface area contributed by atoms with Crippen LogP contribution >= 0.6 is 11.6 Å². The van der Waals surface area contributed by atoms with E-state index >= 15 is 0 Å². The SMILES string of the molecule is CCc1ccc(OCC(=O)Nc2ccc(Cl)cc2C(F)(F)F)cc1. The quantitative estimate of drug-likeness (QED) is 0.823. The van der Waals surface area contributed by atoms with Crippen LogP contribution in [0.1, 0.15) is 18.1 Å². The van der Waals surface area contributed by atoms with Gasteiger partial charge in [-0.2, -0.15) is 13.2 Å². The van der Waals surface area contributed by atoms with E-state index in [0.29, 0.717) is 5.75 Å². The minimum absolute atomic E-state index is 0.0624. The Morgan fingerprint density at radius 1 is 1.17 bits per heavy atom. The number of hydrogen-bond acceptors (Lipinski definition) is 2. The Morgan fingerprint density at radius 2 is 1.83 bits per heavy atom. The number of carbonyl (C=O) groups is 1. The third kappa shape index (κ3) is 4.89. The monoisotopic (exact) mass is 357 g/mol. The average molecular weight is 358 g/mol. The first-order chi connectivity index (χ1) is 11.3. The van der Waals surface area contributed by atoms with Crippen LogP contribution in [0.25, 0.3) is 0 Å². The molecule has 2 aromatic carbocycles. The molecule has 24 heavy (non-hydrogen) atoms. The van der Waals surface area contributed by atoms with Crippen LogP contribution in [0.5, 0.6) is 5.75 Å². The second kappa shape index (κ2) is 7.57. The first kappa shape index (κ1) is 18.1. The van der Waals surface area contributed by atoms with Gasteiger partial charge < -0.3 is 10.1 Å². The van der Waals surface area contributed by atoms with E-state index in [1.807, 2.05) is 19.1 Å². The Bertz CT molecular complexity index is 715. The number of halogens is 4. The topological polar surface area (TPSA) is 38.3 Å². The van der Waals surface area contributed by atoms with Crippen molar-refractivity contribution in [3.05, 3.63) is 58.6 Å². The van der Waals surface area contributed by atoms with E-state index in [0.717, 1.165) is 24.1 Å². The van der Waals surface area contributed by atoms with E-state index < -0.39 is 24.3 Å². The molecule has 0 radical (unpaired) electrons. The largest absolute Gasteiger partial charge is 0.484 e. The van der Waals surface area contributed by atoms with Crippen LogP contribution in [0, 0.1) is 0 Å². The summed E-state index contributed by atoms with van der Waals surface area (Å²) in [6, 6.07) is 10.3. The molecule has 0 atom stereocenters. The first-order valence-electron chi connectivity index (χ1n) is 7.18. The van der Waals surface area contributed by atoms with Crippen LogP contribution in [0.3, 0.4) is 0 Å². The standard InChI is InChI=1S/C17H15ClF3NO2/c1-2-11-3-6-13(7-4-11)24-10-16(23)22-15-8-5-12(18)9-14(15)17(19,20)21/h3-9H,2,10H2,1H3,(H,22,23). The number of hydrogen-bond donors (Lipinski definition) is 1. The minimum atomic E-state index is -4.62. The molecule has 0 aliphatic rings. The number of nitrogens with one attached hydrogen (secondary N) is 1. The Hall–Kier alpha value is -2.21. The predicted molar refractivity (Wildman–Crippen MR) is 86.4 cm³/mol. The van der Waals surface area contributed by atoms with Crippen molar-refractivity contribution in [2.75, 3.05) is 11.9 Å². The maximum atomic E-state index is 13.0. The Labute approximate surface area is 142 Å². The number of rotatable bonds is 5. The van der Waals surface area contributed by atoms with Gasteiger partial charge in [-0.25, -0.2) is 0 Å². The van der Waals surface area contributed by atoms with Crippen LogP contribution < -0.4 is 10.1 Å². The summed E-state index contributed by atoms with van der Waals surface area (Å²) in [5, 5.41) is 2.13. The van der Waals surface area contributed by atoms with Crippen LogP contribution in [-0.4, -0.2) is 12.5 Å². The van der Waals surface area contributed by atoms with Crippen LogP contribution in [-0.2, 0) is 17.4 Å². The van der Waals surface area contributed by atoms with Crippen LogP contribution in [0.2, 0.25) is 5.02 Å². The molecular weight excluding hydrogens is 343 g/mol. The lowest BCUT2D eigenvalue weighted by Crippen LogP contribution is -2.22. The van der Waals surface area contributed by atoms with Gasteiger partial charge in [0.1, 0.15) is 5.75 Å². The highest BCUT2D eigenvalue weighted by molar-refractivity contribution is 6.30. The molecule has 128 valence electrons. The molecule has 0 heterocycles. The highest BCUT2D eigenvalue weighted by atomic mass is 35.5. The molecule has 0 bridgehead atoms. The summed E-state index contributed by atoms with van der Waals surface area (Å²) in [4.78, 5) is 11.8. The summed E-state index contributed by atoms with van der Waals surface area (Å²) in [5.74, 6) is -0.225. The zero-order valence-electron chi connectivity index (χ0n) is 12.8. The second-order valence-electron chi connectivity index (χ2n) is 5.02. The molecule has 0 aliphatic carbocycles. The summed E-state index contributed by atoms with van der Waals surface area (Å²) in [7, 11) is 0. The van der Waals surface area contributed by atoms with E-state index in [9.17, 15) is 18.0 Å². The van der Waals surface area contributed by atoms with Gasteiger partial charge in [-0.1, -0.05) is 30.7 Å². The second-order valence-corrected chi connectivity index (χ2v) is 5.46. The van der Waals surface area contributed by atoms with Crippen molar-refractivity contribution < 1.29 is 22.7 Å². The van der Waals surface area contributed by atoms with Crippen LogP contribution in [0.4, 0.5) is 18.9 Å². The fraction of sp³-hybridized carbons (Fsp3) is 0.235. The summed E-state index contributed by atoms with van der Waals surface area (Å²) in [5.41, 5.74) is -0.250. The smallest absolute Gasteiger partial charge is 0.418 e. The van der Waals surface area contributed by atoms with E-state index in [2.05, 4.69) is 5.32 Å². The normalized spacial score (nSPS) is 11.2. The Balaban J connectivity index is 2.02. The van der Waals surface area contributed by atoms with Crippen molar-refractivity contribution in [3.63, 3.8) is 0 Å². The lowest BCUT2D eigenvalue weighted by Gasteiger charge is -2.14. The van der Waals surface area contributed by atoms with Crippen molar-refractivity contribution >= 4 is 23.2 Å². The van der Waals surface area contributed by atoms with Crippen molar-refractivity contribution in [2.45, 2.75) is 19.5 Å². The lowest BCUT2D eigenvalue weighted by molar-refractivity contribution is -0.137. The van der Waals surface area contributed by atoms with Gasteiger partial charge >= 0.3 is 6.18 Å². The molecule has 0 spiro atoms.